The van der Waals surface area contributed by atoms with Crippen molar-refractivity contribution in [2.45, 2.75) is 191 Å². The summed E-state index contributed by atoms with van der Waals surface area (Å²) in [7, 11) is 0. The maximum Gasteiger partial charge on any atom is 0.294 e. The van der Waals surface area contributed by atoms with Crippen LogP contribution in [0, 0.1) is 6.92 Å². The molecule has 36 heavy (non-hydrogen) atoms. The molecular formula is C31H62Cl3OTi-. The number of aliphatic hydroxyl groups is 1. The van der Waals surface area contributed by atoms with E-state index in [9.17, 15) is 0 Å². The molecule has 0 unspecified atom stereocenters. The molecule has 0 aromatic rings. The summed E-state index contributed by atoms with van der Waals surface area (Å²) in [5.41, 5.74) is 0. The number of alkyl halides is 3. The summed E-state index contributed by atoms with van der Waals surface area (Å²) in [6.07, 6.45) is 40.8. The molecule has 0 aliphatic rings. The van der Waals surface area contributed by atoms with E-state index < -0.39 is 3.98 Å². The van der Waals surface area contributed by atoms with Gasteiger partial charge in [0.05, 0.1) is 0 Å². The first-order valence-electron chi connectivity index (χ1n) is 15.5. The van der Waals surface area contributed by atoms with E-state index in [1.54, 1.807) is 0 Å². The van der Waals surface area contributed by atoms with Gasteiger partial charge in [-0.05, 0) is 0 Å². The fourth-order valence-corrected chi connectivity index (χ4v) is 4.67. The van der Waals surface area contributed by atoms with E-state index in [-0.39, 0.29) is 21.7 Å². The zero-order chi connectivity index (χ0) is 26.3. The molecule has 5 heteroatoms. The first-order chi connectivity index (χ1) is 16.9. The second kappa shape index (κ2) is 36.5. The first kappa shape index (κ1) is 42.0. The van der Waals surface area contributed by atoms with Gasteiger partial charge >= 0.3 is 0 Å². The first-order valence-corrected chi connectivity index (χ1v) is 16.6. The smallest absolute Gasteiger partial charge is 0.294 e. The quantitative estimate of drug-likeness (QED) is 0.0428. The Kier molecular flexibility index (Phi) is 42.7. The second-order valence-corrected chi connectivity index (χ2v) is 12.7. The van der Waals surface area contributed by atoms with Gasteiger partial charge in [0.15, 0.2) is 0 Å². The van der Waals surface area contributed by atoms with E-state index in [0.717, 1.165) is 6.42 Å². The van der Waals surface area contributed by atoms with Gasteiger partial charge in [-0.1, -0.05) is 215 Å². The van der Waals surface area contributed by atoms with Gasteiger partial charge in [-0.25, -0.2) is 0 Å². The average molecular weight is 605 g/mol. The maximum atomic E-state index is 7.82. The molecular weight excluding hydrogens is 543 g/mol. The number of hydrogen-bond donors (Lipinski definition) is 1. The summed E-state index contributed by atoms with van der Waals surface area (Å²) in [6.45, 7) is 6.22. The van der Waals surface area contributed by atoms with Gasteiger partial charge in [0.25, 0.3) is 3.98 Å². The zero-order valence-corrected chi connectivity index (χ0v) is 27.9. The molecule has 0 aliphatic heterocycles. The van der Waals surface area contributed by atoms with Crippen molar-refractivity contribution in [3.63, 3.8) is 0 Å². The van der Waals surface area contributed by atoms with Crippen molar-refractivity contribution >= 4 is 34.8 Å². The molecule has 0 aromatic heterocycles. The Labute approximate surface area is 257 Å². The monoisotopic (exact) mass is 603 g/mol. The Hall–Kier alpha value is 1.54. The molecule has 218 valence electrons. The van der Waals surface area contributed by atoms with Gasteiger partial charge in [0, 0.05) is 21.7 Å². The van der Waals surface area contributed by atoms with Crippen molar-refractivity contribution in [3.05, 3.63) is 6.92 Å². The van der Waals surface area contributed by atoms with Gasteiger partial charge in [-0.3, -0.25) is 0 Å². The maximum absolute atomic E-state index is 7.82. The van der Waals surface area contributed by atoms with Crippen LogP contribution >= 0.6 is 34.8 Å². The minimum absolute atomic E-state index is 0. The van der Waals surface area contributed by atoms with E-state index in [4.69, 9.17) is 5.11 Å². The topological polar surface area (TPSA) is 20.2 Å². The molecule has 0 atom stereocenters. The van der Waals surface area contributed by atoms with Crippen LogP contribution in [0.15, 0.2) is 0 Å². The molecule has 0 saturated heterocycles. The Bertz CT molecular complexity index is 330. The zero-order valence-electron chi connectivity index (χ0n) is 24.1. The molecule has 0 saturated carbocycles. The molecule has 0 radical (unpaired) electrons. The number of rotatable bonds is 27. The van der Waals surface area contributed by atoms with Crippen LogP contribution < -0.4 is 0 Å². The molecule has 1 N–H and O–H groups in total. The molecule has 0 aliphatic carbocycles. The van der Waals surface area contributed by atoms with Crippen LogP contribution in [0.1, 0.15) is 187 Å². The van der Waals surface area contributed by atoms with Crippen LogP contribution in [0.4, 0.5) is 0 Å². The van der Waals surface area contributed by atoms with Crippen LogP contribution in [0.2, 0.25) is 0 Å². The molecule has 1 nitrogen and oxygen atoms in total. The summed E-state index contributed by atoms with van der Waals surface area (Å²) < 4.78 is -2.08. The SMILES string of the molecule is OC(Cl)(Cl)Cl.[CH2-]CCCCCCCCCCCCCCCCCCCCCCCCCCCCC.[Ti]. The Balaban J connectivity index is -0.00000164. The molecule has 0 amide bonds. The van der Waals surface area contributed by atoms with Crippen LogP contribution in [0.3, 0.4) is 0 Å². The Morgan fingerprint density at radius 2 is 0.556 bits per heavy atom. The number of unbranched alkanes of at least 4 members (excludes halogenated alkanes) is 27. The van der Waals surface area contributed by atoms with Crippen LogP contribution in [0.25, 0.3) is 0 Å². The molecule has 0 rings (SSSR count). The van der Waals surface area contributed by atoms with E-state index >= 15 is 0 Å². The molecule has 0 aromatic carbocycles. The second-order valence-electron chi connectivity index (χ2n) is 10.5. The molecule has 0 fully saturated rings. The van der Waals surface area contributed by atoms with Crippen molar-refractivity contribution in [1.82, 2.24) is 0 Å². The van der Waals surface area contributed by atoms with Gasteiger partial charge < -0.3 is 12.0 Å². The molecule has 0 heterocycles. The number of halogens is 3. The van der Waals surface area contributed by atoms with E-state index in [1.165, 1.54) is 173 Å². The van der Waals surface area contributed by atoms with Crippen LogP contribution in [0.5, 0.6) is 0 Å². The normalized spacial score (nSPS) is 11.2. The summed E-state index contributed by atoms with van der Waals surface area (Å²) in [6, 6.07) is 0. The predicted octanol–water partition coefficient (Wildman–Crippen LogP) is 13.1. The number of hydrogen-bond acceptors (Lipinski definition) is 1. The summed E-state index contributed by atoms with van der Waals surface area (Å²) in [5.74, 6) is 0. The summed E-state index contributed by atoms with van der Waals surface area (Å²) in [5, 5.41) is 7.82. The fraction of sp³-hybridized carbons (Fsp3) is 0.968. The van der Waals surface area contributed by atoms with Gasteiger partial charge in [0.1, 0.15) is 0 Å². The largest absolute Gasteiger partial charge is 0.350 e. The third kappa shape index (κ3) is 52.1. The van der Waals surface area contributed by atoms with Crippen molar-refractivity contribution < 1.29 is 26.8 Å². The summed E-state index contributed by atoms with van der Waals surface area (Å²) >= 11 is 13.8. The predicted molar refractivity (Wildman–Crippen MR) is 163 cm³/mol. The molecule has 0 spiro atoms. The molecule has 0 bridgehead atoms. The fourth-order valence-electron chi connectivity index (χ4n) is 4.67. The van der Waals surface area contributed by atoms with Gasteiger partial charge in [-0.15, -0.1) is 0 Å². The minimum atomic E-state index is -2.08. The van der Waals surface area contributed by atoms with Crippen molar-refractivity contribution in [1.29, 1.82) is 0 Å². The van der Waals surface area contributed by atoms with Gasteiger partial charge in [0.2, 0.25) is 0 Å². The van der Waals surface area contributed by atoms with Crippen molar-refractivity contribution in [2.24, 2.45) is 0 Å². The van der Waals surface area contributed by atoms with Crippen LogP contribution in [-0.4, -0.2) is 9.09 Å². The van der Waals surface area contributed by atoms with E-state index in [0.29, 0.717) is 0 Å². The van der Waals surface area contributed by atoms with E-state index in [1.807, 2.05) is 0 Å². The standard InChI is InChI=1S/C30H61.CHCl3O.Ti/c1-3-5-7-9-11-13-15-17-19-21-23-25-27-29-30-28-26-24-22-20-18-16-14-12-10-8-6-4-2;2-1(3,4)5;/h1,3-30H2,2H3;5H;/q-1;;. The average Bonchev–Trinajstić information content (AvgIpc) is 2.80. The van der Waals surface area contributed by atoms with E-state index in [2.05, 4.69) is 48.7 Å². The van der Waals surface area contributed by atoms with Crippen molar-refractivity contribution in [2.75, 3.05) is 0 Å². The van der Waals surface area contributed by atoms with Crippen molar-refractivity contribution in [3.8, 4) is 0 Å². The minimum Gasteiger partial charge on any atom is -0.350 e. The Morgan fingerprint density at radius 3 is 0.694 bits per heavy atom. The van der Waals surface area contributed by atoms with Gasteiger partial charge in [-0.2, -0.15) is 6.42 Å². The third-order valence-corrected chi connectivity index (χ3v) is 6.85. The third-order valence-electron chi connectivity index (χ3n) is 6.85. The Morgan fingerprint density at radius 1 is 0.417 bits per heavy atom. The van der Waals surface area contributed by atoms with Crippen LogP contribution in [-0.2, 0) is 21.7 Å². The summed E-state index contributed by atoms with van der Waals surface area (Å²) in [4.78, 5) is 0.